The van der Waals surface area contributed by atoms with Crippen LogP contribution in [0.2, 0.25) is 0 Å². The second-order valence-electron chi connectivity index (χ2n) is 5.51. The molecule has 1 aliphatic rings. The lowest BCUT2D eigenvalue weighted by molar-refractivity contribution is -0.136. The van der Waals surface area contributed by atoms with Crippen LogP contribution in [0.3, 0.4) is 0 Å². The number of hydrogen-bond acceptors (Lipinski definition) is 4. The maximum Gasteiger partial charge on any atom is 0.249 e. The van der Waals surface area contributed by atoms with Crippen LogP contribution in [0.15, 0.2) is 30.3 Å². The number of likely N-dealkylation sites (N-methyl/N-ethyl adjacent to an activating group) is 1. The predicted octanol–water partition coefficient (Wildman–Crippen LogP) is 0.268. The van der Waals surface area contributed by atoms with E-state index in [1.54, 1.807) is 11.9 Å². The van der Waals surface area contributed by atoms with Crippen LogP contribution in [0.5, 0.6) is 0 Å². The number of nitrogens with two attached hydrogens (primary N) is 1. The molecule has 0 spiro atoms. The summed E-state index contributed by atoms with van der Waals surface area (Å²) in [5.41, 5.74) is 6.56. The minimum atomic E-state index is -0.485. The molecule has 0 aromatic heterocycles. The minimum Gasteiger partial charge on any atom is -0.364 e. The number of hydrogen-bond donors (Lipinski definition) is 2. The Morgan fingerprint density at radius 1 is 1.32 bits per heavy atom. The van der Waals surface area contributed by atoms with Crippen molar-refractivity contribution in [1.29, 1.82) is 0 Å². The van der Waals surface area contributed by atoms with Gasteiger partial charge in [-0.15, -0.1) is 0 Å². The van der Waals surface area contributed by atoms with Crippen molar-refractivity contribution < 1.29 is 14.3 Å². The summed E-state index contributed by atoms with van der Waals surface area (Å²) in [6.07, 6.45) is 0.908. The van der Waals surface area contributed by atoms with E-state index in [-0.39, 0.29) is 24.5 Å². The van der Waals surface area contributed by atoms with Crippen LogP contribution in [0.25, 0.3) is 0 Å². The fourth-order valence-electron chi connectivity index (χ4n) is 2.43. The second-order valence-corrected chi connectivity index (χ2v) is 5.51. The monoisotopic (exact) mass is 305 g/mol. The second kappa shape index (κ2) is 7.91. The van der Waals surface area contributed by atoms with Crippen molar-refractivity contribution >= 4 is 11.8 Å². The highest BCUT2D eigenvalue weighted by Crippen LogP contribution is 2.18. The third-order valence-corrected chi connectivity index (χ3v) is 3.77. The average Bonchev–Trinajstić information content (AvgIpc) is 3.02. The summed E-state index contributed by atoms with van der Waals surface area (Å²) in [5, 5.41) is 2.64. The highest BCUT2D eigenvalue weighted by atomic mass is 16.5. The normalized spacial score (nSPS) is 20.6. The summed E-state index contributed by atoms with van der Waals surface area (Å²) in [4.78, 5) is 25.6. The zero-order chi connectivity index (χ0) is 15.9. The van der Waals surface area contributed by atoms with Crippen LogP contribution in [-0.2, 0) is 20.9 Å². The van der Waals surface area contributed by atoms with E-state index in [0.29, 0.717) is 19.5 Å². The zero-order valence-corrected chi connectivity index (χ0v) is 12.8. The first kappa shape index (κ1) is 16.5. The van der Waals surface area contributed by atoms with Gasteiger partial charge in [0.05, 0.1) is 12.6 Å². The Hall–Kier alpha value is -1.92. The van der Waals surface area contributed by atoms with E-state index in [1.807, 2.05) is 30.3 Å². The van der Waals surface area contributed by atoms with Gasteiger partial charge in [-0.2, -0.15) is 0 Å². The van der Waals surface area contributed by atoms with Gasteiger partial charge in [-0.1, -0.05) is 30.3 Å². The van der Waals surface area contributed by atoms with Gasteiger partial charge in [0.2, 0.25) is 11.8 Å². The smallest absolute Gasteiger partial charge is 0.249 e. The van der Waals surface area contributed by atoms with Crippen LogP contribution in [0, 0.1) is 0 Å². The first-order chi connectivity index (χ1) is 10.6. The molecule has 2 rings (SSSR count). The lowest BCUT2D eigenvalue weighted by Crippen LogP contribution is -2.42. The number of amides is 2. The number of ether oxygens (including phenoxy) is 1. The van der Waals surface area contributed by atoms with Gasteiger partial charge in [-0.05, 0) is 18.4 Å². The highest BCUT2D eigenvalue weighted by Gasteiger charge is 2.30. The molecule has 1 aromatic rings. The van der Waals surface area contributed by atoms with Crippen molar-refractivity contribution in [3.05, 3.63) is 35.9 Å². The molecule has 0 saturated carbocycles. The molecule has 0 aliphatic carbocycles. The molecule has 1 saturated heterocycles. The van der Waals surface area contributed by atoms with Crippen LogP contribution < -0.4 is 11.1 Å². The highest BCUT2D eigenvalue weighted by molar-refractivity contribution is 5.87. The number of carbonyl (C=O) groups excluding carboxylic acids is 2. The molecule has 6 heteroatoms. The molecule has 2 amide bonds. The van der Waals surface area contributed by atoms with Crippen LogP contribution >= 0.6 is 0 Å². The third kappa shape index (κ3) is 4.54. The first-order valence-electron chi connectivity index (χ1n) is 7.51. The van der Waals surface area contributed by atoms with Gasteiger partial charge in [0, 0.05) is 20.1 Å². The van der Waals surface area contributed by atoms with Crippen LogP contribution in [0.4, 0.5) is 0 Å². The maximum atomic E-state index is 12.0. The summed E-state index contributed by atoms with van der Waals surface area (Å²) in [5.74, 6) is -0.372. The summed E-state index contributed by atoms with van der Waals surface area (Å²) < 4.78 is 5.50. The number of benzene rings is 1. The standard InChI is InChI=1S/C16H23N3O3/c1-19(11-12-5-3-2-4-6-12)15(20)10-18-16(21)14-8-7-13(9-17)22-14/h2-6,13-14H,7-11,17H2,1H3,(H,18,21)/t13-,14+/m1/s1. The van der Waals surface area contributed by atoms with Crippen molar-refractivity contribution in [2.45, 2.75) is 31.6 Å². The van der Waals surface area contributed by atoms with Crippen molar-refractivity contribution in [2.24, 2.45) is 5.73 Å². The molecule has 2 atom stereocenters. The van der Waals surface area contributed by atoms with E-state index in [9.17, 15) is 9.59 Å². The van der Waals surface area contributed by atoms with Gasteiger partial charge in [-0.3, -0.25) is 9.59 Å². The summed E-state index contributed by atoms with van der Waals surface area (Å²) >= 11 is 0. The number of nitrogens with one attached hydrogen (secondary N) is 1. The summed E-state index contributed by atoms with van der Waals surface area (Å²) in [7, 11) is 1.72. The largest absolute Gasteiger partial charge is 0.364 e. The Morgan fingerprint density at radius 3 is 2.68 bits per heavy atom. The minimum absolute atomic E-state index is 0.0185. The average molecular weight is 305 g/mol. The quantitative estimate of drug-likeness (QED) is 0.790. The molecule has 1 heterocycles. The van der Waals surface area contributed by atoms with Gasteiger partial charge >= 0.3 is 0 Å². The molecule has 0 radical (unpaired) electrons. The molecular formula is C16H23N3O3. The Kier molecular flexibility index (Phi) is 5.91. The topological polar surface area (TPSA) is 84.7 Å². The predicted molar refractivity (Wildman–Crippen MR) is 82.9 cm³/mol. The molecule has 3 N–H and O–H groups in total. The Labute approximate surface area is 130 Å². The van der Waals surface area contributed by atoms with E-state index >= 15 is 0 Å². The van der Waals surface area contributed by atoms with E-state index in [1.165, 1.54) is 0 Å². The van der Waals surface area contributed by atoms with Gasteiger partial charge in [0.1, 0.15) is 6.10 Å². The maximum absolute atomic E-state index is 12.0. The molecule has 120 valence electrons. The SMILES string of the molecule is CN(Cc1ccccc1)C(=O)CNC(=O)[C@@H]1CC[C@H](CN)O1. The van der Waals surface area contributed by atoms with Crippen molar-refractivity contribution in [3.63, 3.8) is 0 Å². The molecule has 0 bridgehead atoms. The van der Waals surface area contributed by atoms with E-state index in [0.717, 1.165) is 12.0 Å². The fourth-order valence-corrected chi connectivity index (χ4v) is 2.43. The fraction of sp³-hybridized carbons (Fsp3) is 0.500. The molecule has 1 fully saturated rings. The summed E-state index contributed by atoms with van der Waals surface area (Å²) in [6.45, 7) is 0.919. The Balaban J connectivity index is 1.74. The van der Waals surface area contributed by atoms with Gasteiger partial charge < -0.3 is 20.7 Å². The first-order valence-corrected chi connectivity index (χ1v) is 7.51. The molecular weight excluding hydrogens is 282 g/mol. The van der Waals surface area contributed by atoms with Crippen molar-refractivity contribution in [1.82, 2.24) is 10.2 Å². The van der Waals surface area contributed by atoms with Gasteiger partial charge in [-0.25, -0.2) is 0 Å². The Morgan fingerprint density at radius 2 is 2.05 bits per heavy atom. The third-order valence-electron chi connectivity index (χ3n) is 3.77. The van der Waals surface area contributed by atoms with Crippen LogP contribution in [-0.4, -0.2) is 49.1 Å². The van der Waals surface area contributed by atoms with E-state index < -0.39 is 6.10 Å². The zero-order valence-electron chi connectivity index (χ0n) is 12.8. The number of rotatable bonds is 6. The van der Waals surface area contributed by atoms with E-state index in [4.69, 9.17) is 10.5 Å². The lowest BCUT2D eigenvalue weighted by Gasteiger charge is -2.18. The van der Waals surface area contributed by atoms with Crippen molar-refractivity contribution in [2.75, 3.05) is 20.1 Å². The Bertz CT molecular complexity index is 507. The van der Waals surface area contributed by atoms with E-state index in [2.05, 4.69) is 5.32 Å². The molecule has 1 aromatic carbocycles. The number of carbonyl (C=O) groups is 2. The lowest BCUT2D eigenvalue weighted by atomic mass is 10.2. The van der Waals surface area contributed by atoms with Crippen molar-refractivity contribution in [3.8, 4) is 0 Å². The molecule has 6 nitrogen and oxygen atoms in total. The molecule has 0 unspecified atom stereocenters. The van der Waals surface area contributed by atoms with Crippen LogP contribution in [0.1, 0.15) is 18.4 Å². The van der Waals surface area contributed by atoms with Gasteiger partial charge in [0.25, 0.3) is 0 Å². The molecule has 1 aliphatic heterocycles. The number of nitrogens with zero attached hydrogens (tertiary/aromatic N) is 1. The summed E-state index contributed by atoms with van der Waals surface area (Å²) in [6, 6.07) is 9.71. The molecule has 22 heavy (non-hydrogen) atoms. The van der Waals surface area contributed by atoms with Gasteiger partial charge in [0.15, 0.2) is 0 Å².